The average molecular weight is 287 g/mol. The number of rotatable bonds is 4. The van der Waals surface area contributed by atoms with E-state index in [0.717, 1.165) is 38.7 Å². The molecule has 0 bridgehead atoms. The molecule has 1 aromatic carbocycles. The maximum atomic E-state index is 12.6. The molecule has 1 aliphatic rings. The van der Waals surface area contributed by atoms with Gasteiger partial charge in [-0.1, -0.05) is 25.1 Å². The van der Waals surface area contributed by atoms with E-state index < -0.39 is 11.7 Å². The number of halogens is 3. The minimum absolute atomic E-state index is 0.180. The molecule has 0 atom stereocenters. The van der Waals surface area contributed by atoms with Gasteiger partial charge in [0.05, 0.1) is 5.56 Å². The topological polar surface area (TPSA) is 21.3 Å². The van der Waals surface area contributed by atoms with E-state index in [9.17, 15) is 13.2 Å². The van der Waals surface area contributed by atoms with Crippen LogP contribution in [0.2, 0.25) is 0 Å². The molecule has 20 heavy (non-hydrogen) atoms. The monoisotopic (exact) mass is 287 g/mol. The van der Waals surface area contributed by atoms with Crippen LogP contribution in [0, 0.1) is 5.41 Å². The molecule has 0 spiro atoms. The molecule has 5 heteroatoms. The van der Waals surface area contributed by atoms with Crippen LogP contribution in [0.3, 0.4) is 0 Å². The summed E-state index contributed by atoms with van der Waals surface area (Å²) in [5, 5.41) is 3.27. The Labute approximate surface area is 117 Å². The van der Waals surface area contributed by atoms with Crippen molar-refractivity contribution in [2.24, 2.45) is 5.41 Å². The Hall–Kier alpha value is -1.07. The Morgan fingerprint density at radius 1 is 1.25 bits per heavy atom. The summed E-state index contributed by atoms with van der Waals surface area (Å²) in [5.74, 6) is 0. The SMILES string of the molecule is CC1(CNCc2cccc(C(F)(F)F)c2)CCOCC1. The maximum Gasteiger partial charge on any atom is 0.416 e. The number of benzene rings is 1. The van der Waals surface area contributed by atoms with Crippen LogP contribution < -0.4 is 5.32 Å². The van der Waals surface area contributed by atoms with Gasteiger partial charge in [-0.2, -0.15) is 13.2 Å². The van der Waals surface area contributed by atoms with E-state index in [-0.39, 0.29) is 5.41 Å². The largest absolute Gasteiger partial charge is 0.416 e. The first kappa shape index (κ1) is 15.3. The number of alkyl halides is 3. The molecule has 2 nitrogen and oxygen atoms in total. The lowest BCUT2D eigenvalue weighted by atomic mass is 9.82. The lowest BCUT2D eigenvalue weighted by Crippen LogP contribution is -2.36. The van der Waals surface area contributed by atoms with Crippen molar-refractivity contribution in [1.82, 2.24) is 5.32 Å². The van der Waals surface area contributed by atoms with E-state index in [0.29, 0.717) is 12.1 Å². The van der Waals surface area contributed by atoms with Crippen LogP contribution in [-0.2, 0) is 17.5 Å². The Kier molecular flexibility index (Phi) is 4.70. The lowest BCUT2D eigenvalue weighted by molar-refractivity contribution is -0.137. The van der Waals surface area contributed by atoms with Crippen LogP contribution in [0.5, 0.6) is 0 Å². The van der Waals surface area contributed by atoms with Gasteiger partial charge >= 0.3 is 6.18 Å². The lowest BCUT2D eigenvalue weighted by Gasteiger charge is -2.33. The third-order valence-electron chi connectivity index (χ3n) is 3.84. The fraction of sp³-hybridized carbons (Fsp3) is 0.600. The summed E-state index contributed by atoms with van der Waals surface area (Å²) in [6.45, 7) is 4.98. The molecule has 1 fully saturated rings. The van der Waals surface area contributed by atoms with E-state index in [2.05, 4.69) is 12.2 Å². The standard InChI is InChI=1S/C15H20F3NO/c1-14(5-7-20-8-6-14)11-19-10-12-3-2-4-13(9-12)15(16,17)18/h2-4,9,19H,5-8,10-11H2,1H3. The van der Waals surface area contributed by atoms with Crippen LogP contribution in [0.1, 0.15) is 30.9 Å². The molecule has 1 N–H and O–H groups in total. The van der Waals surface area contributed by atoms with Crippen LogP contribution >= 0.6 is 0 Å². The first-order valence-electron chi connectivity index (χ1n) is 6.84. The second-order valence-electron chi connectivity index (χ2n) is 5.72. The molecule has 2 rings (SSSR count). The van der Waals surface area contributed by atoms with Crippen molar-refractivity contribution in [2.45, 2.75) is 32.5 Å². The van der Waals surface area contributed by atoms with Crippen LogP contribution in [0.25, 0.3) is 0 Å². The summed E-state index contributed by atoms with van der Waals surface area (Å²) in [6.07, 6.45) is -2.30. The summed E-state index contributed by atoms with van der Waals surface area (Å²) >= 11 is 0. The first-order valence-corrected chi connectivity index (χ1v) is 6.84. The third-order valence-corrected chi connectivity index (χ3v) is 3.84. The Balaban J connectivity index is 1.88. The summed E-state index contributed by atoms with van der Waals surface area (Å²) in [6, 6.07) is 5.48. The van der Waals surface area contributed by atoms with E-state index in [1.54, 1.807) is 6.07 Å². The van der Waals surface area contributed by atoms with Gasteiger partial charge in [0.25, 0.3) is 0 Å². The van der Waals surface area contributed by atoms with E-state index in [4.69, 9.17) is 4.74 Å². The Bertz CT molecular complexity index is 439. The molecule has 0 unspecified atom stereocenters. The van der Waals surface area contributed by atoms with Gasteiger partial charge in [-0.05, 0) is 29.9 Å². The minimum Gasteiger partial charge on any atom is -0.381 e. The molecule has 1 aliphatic heterocycles. The van der Waals surface area contributed by atoms with Gasteiger partial charge in [0.15, 0.2) is 0 Å². The number of ether oxygens (including phenoxy) is 1. The second kappa shape index (κ2) is 6.14. The second-order valence-corrected chi connectivity index (χ2v) is 5.72. The minimum atomic E-state index is -4.28. The molecule has 0 aliphatic carbocycles. The zero-order valence-electron chi connectivity index (χ0n) is 11.6. The molecule has 1 heterocycles. The van der Waals surface area contributed by atoms with E-state index >= 15 is 0 Å². The van der Waals surface area contributed by atoms with Gasteiger partial charge in [-0.3, -0.25) is 0 Å². The quantitative estimate of drug-likeness (QED) is 0.913. The summed E-state index contributed by atoms with van der Waals surface area (Å²) in [5.41, 5.74) is 0.254. The Morgan fingerprint density at radius 2 is 1.95 bits per heavy atom. The normalized spacial score (nSPS) is 19.0. The number of hydrogen-bond donors (Lipinski definition) is 1. The molecule has 0 saturated carbocycles. The highest BCUT2D eigenvalue weighted by Gasteiger charge is 2.30. The molecular weight excluding hydrogens is 267 g/mol. The zero-order chi connectivity index (χ0) is 14.6. The van der Waals surface area contributed by atoms with Crippen molar-refractivity contribution < 1.29 is 17.9 Å². The average Bonchev–Trinajstić information content (AvgIpc) is 2.39. The highest BCUT2D eigenvalue weighted by molar-refractivity contribution is 5.25. The third kappa shape index (κ3) is 4.21. The van der Waals surface area contributed by atoms with Gasteiger partial charge < -0.3 is 10.1 Å². The molecule has 1 aromatic rings. The molecular formula is C15H20F3NO. The van der Waals surface area contributed by atoms with Gasteiger partial charge in [0, 0.05) is 26.3 Å². The molecule has 0 amide bonds. The fourth-order valence-electron chi connectivity index (χ4n) is 2.41. The smallest absolute Gasteiger partial charge is 0.381 e. The molecule has 0 radical (unpaired) electrons. The van der Waals surface area contributed by atoms with Crippen molar-refractivity contribution in [3.63, 3.8) is 0 Å². The Morgan fingerprint density at radius 3 is 2.60 bits per heavy atom. The highest BCUT2D eigenvalue weighted by Crippen LogP contribution is 2.30. The number of nitrogens with one attached hydrogen (secondary N) is 1. The molecule has 0 aromatic heterocycles. The first-order chi connectivity index (χ1) is 9.39. The summed E-state index contributed by atoms with van der Waals surface area (Å²) in [4.78, 5) is 0. The van der Waals surface area contributed by atoms with Gasteiger partial charge in [0.2, 0.25) is 0 Å². The predicted molar refractivity (Wildman–Crippen MR) is 71.3 cm³/mol. The molecule has 112 valence electrons. The summed E-state index contributed by atoms with van der Waals surface area (Å²) < 4.78 is 43.2. The highest BCUT2D eigenvalue weighted by atomic mass is 19.4. The van der Waals surface area contributed by atoms with E-state index in [1.165, 1.54) is 12.1 Å². The fourth-order valence-corrected chi connectivity index (χ4v) is 2.41. The van der Waals surface area contributed by atoms with Crippen molar-refractivity contribution >= 4 is 0 Å². The van der Waals surface area contributed by atoms with Crippen molar-refractivity contribution in [1.29, 1.82) is 0 Å². The van der Waals surface area contributed by atoms with Gasteiger partial charge in [0.1, 0.15) is 0 Å². The summed E-state index contributed by atoms with van der Waals surface area (Å²) in [7, 11) is 0. The maximum absolute atomic E-state index is 12.6. The zero-order valence-corrected chi connectivity index (χ0v) is 11.6. The van der Waals surface area contributed by atoms with E-state index in [1.807, 2.05) is 0 Å². The number of hydrogen-bond acceptors (Lipinski definition) is 2. The van der Waals surface area contributed by atoms with Crippen LogP contribution in [0.15, 0.2) is 24.3 Å². The van der Waals surface area contributed by atoms with Crippen molar-refractivity contribution in [3.05, 3.63) is 35.4 Å². The van der Waals surface area contributed by atoms with Gasteiger partial charge in [-0.15, -0.1) is 0 Å². The van der Waals surface area contributed by atoms with Crippen LogP contribution in [0.4, 0.5) is 13.2 Å². The van der Waals surface area contributed by atoms with Crippen molar-refractivity contribution in [2.75, 3.05) is 19.8 Å². The van der Waals surface area contributed by atoms with Gasteiger partial charge in [-0.25, -0.2) is 0 Å². The predicted octanol–water partition coefficient (Wildman–Crippen LogP) is 3.61. The van der Waals surface area contributed by atoms with Crippen LogP contribution in [-0.4, -0.2) is 19.8 Å². The molecule has 1 saturated heterocycles. The van der Waals surface area contributed by atoms with Crippen molar-refractivity contribution in [3.8, 4) is 0 Å².